The van der Waals surface area contributed by atoms with E-state index in [4.69, 9.17) is 22.7 Å². The van der Waals surface area contributed by atoms with Gasteiger partial charge in [0.15, 0.2) is 0 Å². The molecule has 0 radical (unpaired) electrons. The summed E-state index contributed by atoms with van der Waals surface area (Å²) >= 11 is 5.17. The molecule has 0 aliphatic carbocycles. The van der Waals surface area contributed by atoms with E-state index < -0.39 is 0 Å². The second-order valence-electron chi connectivity index (χ2n) is 5.42. The van der Waals surface area contributed by atoms with E-state index in [9.17, 15) is 4.79 Å². The van der Waals surface area contributed by atoms with Crippen LogP contribution < -0.4 is 10.6 Å². The van der Waals surface area contributed by atoms with Gasteiger partial charge in [-0.25, -0.2) is 0 Å². The topological polar surface area (TPSA) is 68.5 Å². The van der Waals surface area contributed by atoms with E-state index in [0.717, 1.165) is 42.0 Å². The zero-order valence-electron chi connectivity index (χ0n) is 12.7. The van der Waals surface area contributed by atoms with Crippen LogP contribution in [0.2, 0.25) is 0 Å². The van der Waals surface area contributed by atoms with Gasteiger partial charge in [0.25, 0.3) is 0 Å². The minimum Gasteiger partial charge on any atom is -0.469 e. The number of esters is 1. The maximum atomic E-state index is 11.8. The number of thiocarbonyl (C=S) groups is 1. The van der Waals surface area contributed by atoms with Crippen molar-refractivity contribution in [2.24, 2.45) is 11.7 Å². The van der Waals surface area contributed by atoms with Crippen LogP contribution in [0.3, 0.4) is 0 Å². The SMILES string of the molecule is COC(=O)C1CCCN(c2cc(C)nc(C)c2C(N)=S)C1. The number of ether oxygens (including phenoxy) is 1. The highest BCUT2D eigenvalue weighted by Gasteiger charge is 2.28. The molecule has 2 rings (SSSR count). The molecule has 2 heterocycles. The Balaban J connectivity index is 2.37. The summed E-state index contributed by atoms with van der Waals surface area (Å²) in [6.45, 7) is 5.37. The molecular formula is C15H21N3O2S. The number of nitrogens with zero attached hydrogens (tertiary/aromatic N) is 2. The average molecular weight is 307 g/mol. The lowest BCUT2D eigenvalue weighted by Gasteiger charge is -2.34. The summed E-state index contributed by atoms with van der Waals surface area (Å²) in [6, 6.07) is 1.99. The van der Waals surface area contributed by atoms with Gasteiger partial charge in [0.2, 0.25) is 0 Å². The quantitative estimate of drug-likeness (QED) is 0.677. The number of anilines is 1. The molecule has 1 aliphatic rings. The van der Waals surface area contributed by atoms with Crippen molar-refractivity contribution in [3.63, 3.8) is 0 Å². The Kier molecular flexibility index (Phi) is 4.77. The Labute approximate surface area is 130 Å². The molecule has 2 N–H and O–H groups in total. The van der Waals surface area contributed by atoms with Crippen LogP contribution in [0, 0.1) is 19.8 Å². The molecule has 0 saturated carbocycles. The fraction of sp³-hybridized carbons (Fsp3) is 0.533. The van der Waals surface area contributed by atoms with Gasteiger partial charge in [-0.3, -0.25) is 9.78 Å². The zero-order valence-corrected chi connectivity index (χ0v) is 13.5. The molecule has 5 nitrogen and oxygen atoms in total. The van der Waals surface area contributed by atoms with E-state index in [1.807, 2.05) is 19.9 Å². The van der Waals surface area contributed by atoms with Gasteiger partial charge >= 0.3 is 5.97 Å². The first-order valence-corrected chi connectivity index (χ1v) is 7.45. The summed E-state index contributed by atoms with van der Waals surface area (Å²) in [5.41, 5.74) is 9.40. The molecule has 1 unspecified atom stereocenters. The van der Waals surface area contributed by atoms with Crippen LogP contribution in [0.4, 0.5) is 5.69 Å². The van der Waals surface area contributed by atoms with Gasteiger partial charge in [-0.15, -0.1) is 0 Å². The van der Waals surface area contributed by atoms with Crippen molar-refractivity contribution in [1.29, 1.82) is 0 Å². The zero-order chi connectivity index (χ0) is 15.6. The van der Waals surface area contributed by atoms with Gasteiger partial charge in [-0.2, -0.15) is 0 Å². The molecule has 6 heteroatoms. The van der Waals surface area contributed by atoms with Crippen LogP contribution in [-0.2, 0) is 9.53 Å². The number of piperidine rings is 1. The molecule has 114 valence electrons. The number of aryl methyl sites for hydroxylation is 2. The fourth-order valence-corrected chi connectivity index (χ4v) is 3.17. The summed E-state index contributed by atoms with van der Waals surface area (Å²) in [5.74, 6) is -0.254. The van der Waals surface area contributed by atoms with Crippen LogP contribution >= 0.6 is 12.2 Å². The Hall–Kier alpha value is -1.69. The summed E-state index contributed by atoms with van der Waals surface area (Å²) in [6.07, 6.45) is 1.80. The van der Waals surface area contributed by atoms with E-state index in [0.29, 0.717) is 11.5 Å². The molecule has 0 aromatic carbocycles. The van der Waals surface area contributed by atoms with Crippen molar-refractivity contribution < 1.29 is 9.53 Å². The number of rotatable bonds is 3. The summed E-state index contributed by atoms with van der Waals surface area (Å²) < 4.78 is 4.87. The van der Waals surface area contributed by atoms with Crippen molar-refractivity contribution >= 4 is 28.9 Å². The van der Waals surface area contributed by atoms with Crippen molar-refractivity contribution in [3.05, 3.63) is 23.0 Å². The molecule has 21 heavy (non-hydrogen) atoms. The predicted molar refractivity (Wildman–Crippen MR) is 86.6 cm³/mol. The van der Waals surface area contributed by atoms with E-state index in [1.54, 1.807) is 0 Å². The van der Waals surface area contributed by atoms with Gasteiger partial charge in [-0.1, -0.05) is 12.2 Å². The first-order valence-electron chi connectivity index (χ1n) is 7.05. The normalized spacial score (nSPS) is 18.4. The van der Waals surface area contributed by atoms with Crippen molar-refractivity contribution in [1.82, 2.24) is 4.98 Å². The number of methoxy groups -OCH3 is 1. The molecule has 1 aromatic rings. The molecule has 0 bridgehead atoms. The molecule has 1 fully saturated rings. The standard InChI is InChI=1S/C15H21N3O2S/c1-9-7-12(13(14(16)21)10(2)17-9)18-6-4-5-11(8-18)15(19)20-3/h7,11H,4-6,8H2,1-3H3,(H2,16,21). The average Bonchev–Trinajstić information content (AvgIpc) is 2.45. The fourth-order valence-electron chi connectivity index (χ4n) is 2.92. The van der Waals surface area contributed by atoms with E-state index in [2.05, 4.69) is 9.88 Å². The number of nitrogens with two attached hydrogens (primary N) is 1. The molecule has 1 saturated heterocycles. The van der Waals surface area contributed by atoms with Gasteiger partial charge in [0, 0.05) is 24.5 Å². The maximum Gasteiger partial charge on any atom is 0.310 e. The second kappa shape index (κ2) is 6.39. The second-order valence-corrected chi connectivity index (χ2v) is 5.86. The number of hydrogen-bond donors (Lipinski definition) is 1. The number of pyridine rings is 1. The van der Waals surface area contributed by atoms with Gasteiger partial charge in [0.1, 0.15) is 4.99 Å². The smallest absolute Gasteiger partial charge is 0.310 e. The molecule has 1 aliphatic heterocycles. The highest BCUT2D eigenvalue weighted by atomic mass is 32.1. The van der Waals surface area contributed by atoms with Gasteiger partial charge < -0.3 is 15.4 Å². The van der Waals surface area contributed by atoms with Crippen LogP contribution in [0.1, 0.15) is 29.8 Å². The monoisotopic (exact) mass is 307 g/mol. The summed E-state index contributed by atoms with van der Waals surface area (Å²) in [4.78, 5) is 18.7. The van der Waals surface area contributed by atoms with E-state index in [1.165, 1.54) is 7.11 Å². The maximum absolute atomic E-state index is 11.8. The number of carbonyl (C=O) groups is 1. The van der Waals surface area contributed by atoms with Crippen molar-refractivity contribution in [2.45, 2.75) is 26.7 Å². The minimum absolute atomic E-state index is 0.100. The first-order chi connectivity index (χ1) is 9.93. The van der Waals surface area contributed by atoms with E-state index in [-0.39, 0.29) is 11.9 Å². The Morgan fingerprint density at radius 2 is 2.24 bits per heavy atom. The van der Waals surface area contributed by atoms with Gasteiger partial charge in [0.05, 0.1) is 24.3 Å². The molecule has 1 aromatic heterocycles. The molecular weight excluding hydrogens is 286 g/mol. The van der Waals surface area contributed by atoms with Crippen LogP contribution in [0.25, 0.3) is 0 Å². The lowest BCUT2D eigenvalue weighted by molar-refractivity contribution is -0.145. The third-order valence-corrected chi connectivity index (χ3v) is 4.05. The van der Waals surface area contributed by atoms with Crippen molar-refractivity contribution in [3.8, 4) is 0 Å². The van der Waals surface area contributed by atoms with Gasteiger partial charge in [-0.05, 0) is 32.8 Å². The Morgan fingerprint density at radius 1 is 1.52 bits per heavy atom. The first kappa shape index (κ1) is 15.7. The molecule has 0 amide bonds. The third-order valence-electron chi connectivity index (χ3n) is 3.85. The lowest BCUT2D eigenvalue weighted by Crippen LogP contribution is -2.40. The van der Waals surface area contributed by atoms with Crippen LogP contribution in [0.15, 0.2) is 6.07 Å². The summed E-state index contributed by atoms with van der Waals surface area (Å²) in [5, 5.41) is 0. The highest BCUT2D eigenvalue weighted by Crippen LogP contribution is 2.29. The van der Waals surface area contributed by atoms with Crippen LogP contribution in [-0.4, -0.2) is 36.1 Å². The number of aromatic nitrogens is 1. The van der Waals surface area contributed by atoms with E-state index >= 15 is 0 Å². The highest BCUT2D eigenvalue weighted by molar-refractivity contribution is 7.80. The largest absolute Gasteiger partial charge is 0.469 e. The lowest BCUT2D eigenvalue weighted by atomic mass is 9.96. The predicted octanol–water partition coefficient (Wildman–Crippen LogP) is 1.72. The van der Waals surface area contributed by atoms with Crippen molar-refractivity contribution in [2.75, 3.05) is 25.1 Å². The number of carbonyl (C=O) groups excluding carboxylic acids is 1. The number of hydrogen-bond acceptors (Lipinski definition) is 5. The molecule has 0 spiro atoms. The molecule has 1 atom stereocenters. The minimum atomic E-state index is -0.154. The van der Waals surface area contributed by atoms with Crippen LogP contribution in [0.5, 0.6) is 0 Å². The third kappa shape index (κ3) is 3.32. The Bertz CT molecular complexity index is 574. The Morgan fingerprint density at radius 3 is 2.86 bits per heavy atom. The summed E-state index contributed by atoms with van der Waals surface area (Å²) in [7, 11) is 1.43.